The molecular formula is C18H15Cl2FN2O2. The number of hydrogen-bond donors (Lipinski definition) is 1. The van der Waals surface area contributed by atoms with Crippen LogP contribution < -0.4 is 10.2 Å². The van der Waals surface area contributed by atoms with Crippen molar-refractivity contribution >= 4 is 46.4 Å². The van der Waals surface area contributed by atoms with Crippen LogP contribution in [0.5, 0.6) is 0 Å². The monoisotopic (exact) mass is 380 g/mol. The van der Waals surface area contributed by atoms with Crippen molar-refractivity contribution in [1.82, 2.24) is 0 Å². The van der Waals surface area contributed by atoms with Gasteiger partial charge < -0.3 is 10.2 Å². The van der Waals surface area contributed by atoms with E-state index in [2.05, 4.69) is 5.32 Å². The molecule has 0 spiro atoms. The summed E-state index contributed by atoms with van der Waals surface area (Å²) in [6.45, 7) is 1.88. The van der Waals surface area contributed by atoms with Crippen molar-refractivity contribution in [3.05, 3.63) is 57.8 Å². The maximum atomic E-state index is 14.1. The molecule has 1 atom stereocenters. The average Bonchev–Trinajstić information content (AvgIpc) is 2.94. The van der Waals surface area contributed by atoms with Crippen LogP contribution in [-0.2, 0) is 9.59 Å². The number of rotatable bonds is 3. The highest BCUT2D eigenvalue weighted by Crippen LogP contribution is 2.32. The van der Waals surface area contributed by atoms with E-state index in [1.165, 1.54) is 11.0 Å². The Labute approximate surface area is 154 Å². The number of hydrogen-bond acceptors (Lipinski definition) is 2. The number of benzene rings is 2. The first-order valence-corrected chi connectivity index (χ1v) is 8.44. The van der Waals surface area contributed by atoms with Crippen LogP contribution in [0.1, 0.15) is 12.0 Å². The van der Waals surface area contributed by atoms with Gasteiger partial charge in [-0.2, -0.15) is 0 Å². The second-order valence-electron chi connectivity index (χ2n) is 5.95. The predicted molar refractivity (Wildman–Crippen MR) is 96.7 cm³/mol. The fourth-order valence-corrected chi connectivity index (χ4v) is 3.13. The highest BCUT2D eigenvalue weighted by Gasteiger charge is 2.36. The molecule has 1 unspecified atom stereocenters. The molecule has 2 aromatic rings. The summed E-state index contributed by atoms with van der Waals surface area (Å²) in [5.41, 5.74) is 1.33. The Balaban J connectivity index is 1.75. The smallest absolute Gasteiger partial charge is 0.229 e. The van der Waals surface area contributed by atoms with Crippen molar-refractivity contribution in [2.24, 2.45) is 5.92 Å². The average molecular weight is 381 g/mol. The predicted octanol–water partition coefficient (Wildman–Crippen LogP) is 4.43. The molecule has 1 heterocycles. The zero-order valence-electron chi connectivity index (χ0n) is 13.4. The van der Waals surface area contributed by atoms with Crippen molar-refractivity contribution in [2.75, 3.05) is 16.8 Å². The molecule has 0 aromatic heterocycles. The summed E-state index contributed by atoms with van der Waals surface area (Å²) in [6, 6.07) is 9.54. The van der Waals surface area contributed by atoms with Gasteiger partial charge in [-0.3, -0.25) is 9.59 Å². The van der Waals surface area contributed by atoms with Crippen LogP contribution in [0, 0.1) is 18.7 Å². The number of carbonyl (C=O) groups excluding carboxylic acids is 2. The summed E-state index contributed by atoms with van der Waals surface area (Å²) in [7, 11) is 0. The van der Waals surface area contributed by atoms with Gasteiger partial charge >= 0.3 is 0 Å². The lowest BCUT2D eigenvalue weighted by Gasteiger charge is -2.18. The van der Waals surface area contributed by atoms with Crippen LogP contribution in [0.4, 0.5) is 15.8 Å². The Bertz CT molecular complexity index is 857. The summed E-state index contributed by atoms with van der Waals surface area (Å²) in [5, 5.41) is 3.24. The van der Waals surface area contributed by atoms with Gasteiger partial charge in [0, 0.05) is 13.0 Å². The van der Waals surface area contributed by atoms with Crippen molar-refractivity contribution < 1.29 is 14.0 Å². The maximum Gasteiger partial charge on any atom is 0.229 e. The van der Waals surface area contributed by atoms with Crippen molar-refractivity contribution in [3.8, 4) is 0 Å². The Hall–Kier alpha value is -2.11. The van der Waals surface area contributed by atoms with Gasteiger partial charge in [0.05, 0.1) is 27.3 Å². The van der Waals surface area contributed by atoms with Crippen molar-refractivity contribution in [3.63, 3.8) is 0 Å². The normalized spacial score (nSPS) is 17.0. The lowest BCUT2D eigenvalue weighted by atomic mass is 10.1. The SMILES string of the molecule is Cc1ccc(N2CC(C(=O)Nc3cccc(Cl)c3Cl)CC2=O)c(F)c1. The van der Waals surface area contributed by atoms with E-state index in [9.17, 15) is 14.0 Å². The Morgan fingerprint density at radius 3 is 2.76 bits per heavy atom. The molecule has 2 amide bonds. The highest BCUT2D eigenvalue weighted by molar-refractivity contribution is 6.44. The molecule has 1 aliphatic rings. The Morgan fingerprint density at radius 1 is 1.28 bits per heavy atom. The number of amides is 2. The maximum absolute atomic E-state index is 14.1. The molecule has 1 aliphatic heterocycles. The minimum Gasteiger partial charge on any atom is -0.324 e. The molecule has 2 aromatic carbocycles. The van der Waals surface area contributed by atoms with Crippen LogP contribution in [0.3, 0.4) is 0 Å². The number of anilines is 2. The van der Waals surface area contributed by atoms with Gasteiger partial charge in [-0.15, -0.1) is 0 Å². The molecule has 7 heteroatoms. The first-order chi connectivity index (χ1) is 11.9. The number of nitrogens with one attached hydrogen (secondary N) is 1. The zero-order chi connectivity index (χ0) is 18.1. The Morgan fingerprint density at radius 2 is 2.04 bits per heavy atom. The second-order valence-corrected chi connectivity index (χ2v) is 6.74. The summed E-state index contributed by atoms with van der Waals surface area (Å²) in [6.07, 6.45) is 0.0112. The standard InChI is InChI=1S/C18H15Cl2FN2O2/c1-10-5-6-15(13(21)7-10)23-9-11(8-16(23)24)18(25)22-14-4-2-3-12(19)17(14)20/h2-7,11H,8-9H2,1H3,(H,22,25). The van der Waals surface area contributed by atoms with Gasteiger partial charge in [0.2, 0.25) is 11.8 Å². The van der Waals surface area contributed by atoms with Crippen molar-refractivity contribution in [1.29, 1.82) is 0 Å². The molecule has 0 bridgehead atoms. The third kappa shape index (κ3) is 3.62. The molecule has 0 saturated carbocycles. The van der Waals surface area contributed by atoms with E-state index < -0.39 is 11.7 Å². The van der Waals surface area contributed by atoms with Gasteiger partial charge in [0.1, 0.15) is 5.82 Å². The molecule has 130 valence electrons. The van der Waals surface area contributed by atoms with Crippen molar-refractivity contribution in [2.45, 2.75) is 13.3 Å². The largest absolute Gasteiger partial charge is 0.324 e. The topological polar surface area (TPSA) is 49.4 Å². The van der Waals surface area contributed by atoms with E-state index in [1.54, 1.807) is 37.3 Å². The molecule has 4 nitrogen and oxygen atoms in total. The van der Waals surface area contributed by atoms with Gasteiger partial charge in [0.25, 0.3) is 0 Å². The lowest BCUT2D eigenvalue weighted by molar-refractivity contribution is -0.122. The van der Waals surface area contributed by atoms with E-state index in [4.69, 9.17) is 23.2 Å². The van der Waals surface area contributed by atoms with Crippen LogP contribution >= 0.6 is 23.2 Å². The highest BCUT2D eigenvalue weighted by atomic mass is 35.5. The van der Waals surface area contributed by atoms with E-state index in [0.717, 1.165) is 5.56 Å². The number of carbonyl (C=O) groups is 2. The van der Waals surface area contributed by atoms with Gasteiger partial charge in [-0.05, 0) is 36.8 Å². The van der Waals surface area contributed by atoms with Gasteiger partial charge in [-0.1, -0.05) is 35.3 Å². The number of nitrogens with zero attached hydrogens (tertiary/aromatic N) is 1. The minimum atomic E-state index is -0.594. The second kappa shape index (κ2) is 7.02. The number of aryl methyl sites for hydroxylation is 1. The van der Waals surface area contributed by atoms with Crippen LogP contribution in [0.15, 0.2) is 36.4 Å². The van der Waals surface area contributed by atoms with Crippen LogP contribution in [0.2, 0.25) is 10.0 Å². The molecule has 1 saturated heterocycles. The van der Waals surface area contributed by atoms with E-state index >= 15 is 0 Å². The quantitative estimate of drug-likeness (QED) is 0.855. The summed E-state index contributed by atoms with van der Waals surface area (Å²) >= 11 is 12.0. The first kappa shape index (κ1) is 17.7. The van der Waals surface area contributed by atoms with Gasteiger partial charge in [0.15, 0.2) is 0 Å². The fourth-order valence-electron chi connectivity index (χ4n) is 2.78. The Kier molecular flexibility index (Phi) is 4.97. The van der Waals surface area contributed by atoms with Crippen LogP contribution in [-0.4, -0.2) is 18.4 Å². The lowest BCUT2D eigenvalue weighted by Crippen LogP contribution is -2.28. The molecule has 1 N–H and O–H groups in total. The molecule has 0 aliphatic carbocycles. The van der Waals surface area contributed by atoms with Gasteiger partial charge in [-0.25, -0.2) is 4.39 Å². The number of halogens is 3. The van der Waals surface area contributed by atoms with E-state index in [1.807, 2.05) is 0 Å². The molecule has 0 radical (unpaired) electrons. The van der Waals surface area contributed by atoms with E-state index in [-0.39, 0.29) is 35.5 Å². The third-order valence-corrected chi connectivity index (χ3v) is 4.92. The van der Waals surface area contributed by atoms with E-state index in [0.29, 0.717) is 10.7 Å². The van der Waals surface area contributed by atoms with Crippen LogP contribution in [0.25, 0.3) is 0 Å². The molecule has 3 rings (SSSR count). The molecule has 25 heavy (non-hydrogen) atoms. The summed E-state index contributed by atoms with van der Waals surface area (Å²) in [5.74, 6) is -1.72. The zero-order valence-corrected chi connectivity index (χ0v) is 14.9. The first-order valence-electron chi connectivity index (χ1n) is 7.68. The molecular weight excluding hydrogens is 366 g/mol. The summed E-state index contributed by atoms with van der Waals surface area (Å²) < 4.78 is 14.1. The minimum absolute atomic E-state index is 0.0112. The summed E-state index contributed by atoms with van der Waals surface area (Å²) in [4.78, 5) is 26.0. The molecule has 1 fully saturated rings. The third-order valence-electron chi connectivity index (χ3n) is 4.10. The fraction of sp³-hybridized carbons (Fsp3) is 0.222.